The average Bonchev–Trinajstić information content (AvgIpc) is 2.72. The molecule has 0 aromatic heterocycles. The Morgan fingerprint density at radius 3 is 2.40 bits per heavy atom. The fourth-order valence-corrected chi connectivity index (χ4v) is 3.16. The lowest BCUT2D eigenvalue weighted by Crippen LogP contribution is -2.36. The Kier molecular flexibility index (Phi) is 7.29. The van der Waals surface area contributed by atoms with Crippen molar-refractivity contribution in [2.24, 2.45) is 5.73 Å². The highest BCUT2D eigenvalue weighted by atomic mass is 35.5. The third-order valence-corrected chi connectivity index (χ3v) is 4.56. The van der Waals surface area contributed by atoms with Crippen LogP contribution in [0.1, 0.15) is 23.6 Å². The van der Waals surface area contributed by atoms with Crippen molar-refractivity contribution >= 4 is 23.5 Å². The van der Waals surface area contributed by atoms with Crippen molar-refractivity contribution in [1.29, 1.82) is 0 Å². The van der Waals surface area contributed by atoms with Gasteiger partial charge in [-0.2, -0.15) is 0 Å². The number of nitrogens with two attached hydrogens (primary N) is 1. The second kappa shape index (κ2) is 10.3. The highest BCUT2D eigenvalue weighted by Crippen LogP contribution is 2.26. The van der Waals surface area contributed by atoms with Gasteiger partial charge in [-0.15, -0.1) is 0 Å². The van der Waals surface area contributed by atoms with E-state index in [0.717, 1.165) is 5.56 Å². The van der Waals surface area contributed by atoms with Crippen LogP contribution in [-0.4, -0.2) is 11.9 Å². The zero-order valence-electron chi connectivity index (χ0n) is 16.2. The largest absolute Gasteiger partial charge is 0.457 e. The van der Waals surface area contributed by atoms with Crippen molar-refractivity contribution in [3.63, 3.8) is 0 Å². The smallest absolute Gasteiger partial charge is 0.312 e. The first kappa shape index (κ1) is 21.2. The summed E-state index contributed by atoms with van der Waals surface area (Å²) in [6, 6.07) is 22.5. The maximum Gasteiger partial charge on any atom is 0.312 e. The second-order valence-corrected chi connectivity index (χ2v) is 7.10. The van der Waals surface area contributed by atoms with Crippen molar-refractivity contribution in [3.05, 3.63) is 95.0 Å². The normalized spacial score (nSPS) is 11.4. The maximum absolute atomic E-state index is 12.5. The number of urea groups is 1. The fourth-order valence-electron chi connectivity index (χ4n) is 2.95. The van der Waals surface area contributed by atoms with Gasteiger partial charge in [-0.1, -0.05) is 54.1 Å². The van der Waals surface area contributed by atoms with Crippen molar-refractivity contribution < 1.29 is 14.3 Å². The summed E-state index contributed by atoms with van der Waals surface area (Å²) in [4.78, 5) is 24.0. The number of halogens is 1. The zero-order chi connectivity index (χ0) is 21.3. The average molecular weight is 424 g/mol. The van der Waals surface area contributed by atoms with Gasteiger partial charge in [-0.05, 0) is 47.5 Å². The van der Waals surface area contributed by atoms with Crippen LogP contribution in [0.5, 0.6) is 11.5 Å². The fraction of sp³-hybridized carbons (Fsp3) is 0.130. The molecule has 6 nitrogen and oxygen atoms in total. The van der Waals surface area contributed by atoms with Gasteiger partial charge in [0.15, 0.2) is 0 Å². The van der Waals surface area contributed by atoms with Crippen LogP contribution in [0, 0.1) is 0 Å². The molecule has 3 aromatic carbocycles. The van der Waals surface area contributed by atoms with Crippen LogP contribution >= 0.6 is 11.6 Å². The number of amides is 3. The molecule has 1 atom stereocenters. The Morgan fingerprint density at radius 2 is 1.67 bits per heavy atom. The van der Waals surface area contributed by atoms with E-state index in [0.29, 0.717) is 28.6 Å². The van der Waals surface area contributed by atoms with Crippen molar-refractivity contribution in [2.45, 2.75) is 19.0 Å². The van der Waals surface area contributed by atoms with Gasteiger partial charge in [0.25, 0.3) is 0 Å². The summed E-state index contributed by atoms with van der Waals surface area (Å²) >= 11 is 5.97. The molecule has 0 saturated heterocycles. The SMILES string of the molecule is NC(=O)NC(CC(=O)NCc1cccc(Cl)c1)c1cccc(Oc2ccccc2)c1. The monoisotopic (exact) mass is 423 g/mol. The summed E-state index contributed by atoms with van der Waals surface area (Å²) in [6.45, 7) is 0.333. The van der Waals surface area contributed by atoms with Crippen molar-refractivity contribution in [2.75, 3.05) is 0 Å². The van der Waals surface area contributed by atoms with Crippen LogP contribution in [0.4, 0.5) is 4.79 Å². The third-order valence-electron chi connectivity index (χ3n) is 4.32. The minimum atomic E-state index is -0.711. The van der Waals surface area contributed by atoms with E-state index in [1.165, 1.54) is 0 Å². The van der Waals surface area contributed by atoms with Gasteiger partial charge < -0.3 is 21.1 Å². The zero-order valence-corrected chi connectivity index (χ0v) is 16.9. The number of carbonyl (C=O) groups excluding carboxylic acids is 2. The molecule has 154 valence electrons. The van der Waals surface area contributed by atoms with E-state index in [2.05, 4.69) is 10.6 Å². The standard InChI is InChI=1S/C23H22ClN3O3/c24-18-8-4-6-16(12-18)15-26-22(28)14-21(27-23(25)29)17-7-5-11-20(13-17)30-19-9-2-1-3-10-19/h1-13,21H,14-15H2,(H,26,28)(H3,25,27,29). The van der Waals surface area contributed by atoms with E-state index in [-0.39, 0.29) is 12.3 Å². The first-order chi connectivity index (χ1) is 14.5. The molecule has 0 fully saturated rings. The number of ether oxygens (including phenoxy) is 1. The lowest BCUT2D eigenvalue weighted by Gasteiger charge is -2.19. The van der Waals surface area contributed by atoms with Crippen LogP contribution in [0.3, 0.4) is 0 Å². The second-order valence-electron chi connectivity index (χ2n) is 6.66. The lowest BCUT2D eigenvalue weighted by atomic mass is 10.0. The highest BCUT2D eigenvalue weighted by Gasteiger charge is 2.18. The van der Waals surface area contributed by atoms with Crippen LogP contribution in [0.25, 0.3) is 0 Å². The quantitative estimate of drug-likeness (QED) is 0.496. The molecule has 3 amide bonds. The molecule has 3 rings (SSSR count). The summed E-state index contributed by atoms with van der Waals surface area (Å²) in [5, 5.41) is 6.06. The van der Waals surface area contributed by atoms with Crippen LogP contribution in [0.15, 0.2) is 78.9 Å². The first-order valence-electron chi connectivity index (χ1n) is 9.39. The Labute approximate surface area is 180 Å². The van der Waals surface area contributed by atoms with Gasteiger partial charge in [0.1, 0.15) is 11.5 Å². The molecule has 0 heterocycles. The van der Waals surface area contributed by atoms with Crippen LogP contribution in [0.2, 0.25) is 5.02 Å². The van der Waals surface area contributed by atoms with E-state index < -0.39 is 12.1 Å². The molecule has 0 spiro atoms. The summed E-state index contributed by atoms with van der Waals surface area (Å²) in [7, 11) is 0. The molecule has 0 saturated carbocycles. The van der Waals surface area contributed by atoms with E-state index in [1.807, 2.05) is 48.5 Å². The van der Waals surface area contributed by atoms with Crippen molar-refractivity contribution in [1.82, 2.24) is 10.6 Å². The number of para-hydroxylation sites is 1. The molecule has 0 aliphatic carbocycles. The predicted molar refractivity (Wildman–Crippen MR) is 116 cm³/mol. The van der Waals surface area contributed by atoms with E-state index in [4.69, 9.17) is 22.1 Å². The van der Waals surface area contributed by atoms with E-state index in [1.54, 1.807) is 30.3 Å². The van der Waals surface area contributed by atoms with Gasteiger partial charge >= 0.3 is 6.03 Å². The third kappa shape index (κ3) is 6.53. The molecule has 3 aromatic rings. The maximum atomic E-state index is 12.5. The summed E-state index contributed by atoms with van der Waals surface area (Å²) in [6.07, 6.45) is 0.0261. The Morgan fingerprint density at radius 1 is 0.933 bits per heavy atom. The van der Waals surface area contributed by atoms with Gasteiger partial charge in [0.2, 0.25) is 5.91 Å². The Balaban J connectivity index is 1.68. The predicted octanol–water partition coefficient (Wildman–Crippen LogP) is 4.55. The summed E-state index contributed by atoms with van der Waals surface area (Å²) < 4.78 is 5.84. The van der Waals surface area contributed by atoms with Gasteiger partial charge in [-0.3, -0.25) is 4.79 Å². The number of primary amides is 1. The van der Waals surface area contributed by atoms with Gasteiger partial charge in [0.05, 0.1) is 12.5 Å². The van der Waals surface area contributed by atoms with Gasteiger partial charge in [-0.25, -0.2) is 4.79 Å². The van der Waals surface area contributed by atoms with Crippen LogP contribution < -0.4 is 21.1 Å². The molecular weight excluding hydrogens is 402 g/mol. The molecule has 1 unspecified atom stereocenters. The van der Waals surface area contributed by atoms with Crippen molar-refractivity contribution in [3.8, 4) is 11.5 Å². The van der Waals surface area contributed by atoms with E-state index in [9.17, 15) is 9.59 Å². The molecule has 0 aliphatic rings. The van der Waals surface area contributed by atoms with E-state index >= 15 is 0 Å². The molecule has 0 aliphatic heterocycles. The minimum Gasteiger partial charge on any atom is -0.457 e. The summed E-state index contributed by atoms with van der Waals surface area (Å²) in [5.41, 5.74) is 6.91. The number of carbonyl (C=O) groups is 2. The Bertz CT molecular complexity index is 1010. The number of hydrogen-bond acceptors (Lipinski definition) is 3. The van der Waals surface area contributed by atoms with Crippen LogP contribution in [-0.2, 0) is 11.3 Å². The first-order valence-corrected chi connectivity index (χ1v) is 9.77. The molecule has 4 N–H and O–H groups in total. The van der Waals surface area contributed by atoms with Gasteiger partial charge in [0, 0.05) is 11.6 Å². The topological polar surface area (TPSA) is 93.5 Å². The molecule has 0 bridgehead atoms. The number of nitrogens with one attached hydrogen (secondary N) is 2. The molecular formula is C23H22ClN3O3. The minimum absolute atomic E-state index is 0.0261. The molecule has 7 heteroatoms. The highest BCUT2D eigenvalue weighted by molar-refractivity contribution is 6.30. The Hall–Kier alpha value is -3.51. The lowest BCUT2D eigenvalue weighted by molar-refractivity contribution is -0.121. The number of hydrogen-bond donors (Lipinski definition) is 3. The number of benzene rings is 3. The summed E-state index contributed by atoms with van der Waals surface area (Å²) in [5.74, 6) is 1.05. The molecule has 0 radical (unpaired) electrons. The molecule has 30 heavy (non-hydrogen) atoms. The number of rotatable bonds is 8.